The third kappa shape index (κ3) is 3.90. The first-order valence-electron chi connectivity index (χ1n) is 7.14. The molecule has 4 heteroatoms. The lowest BCUT2D eigenvalue weighted by molar-refractivity contribution is 0.180. The average Bonchev–Trinajstić information content (AvgIpc) is 2.28. The summed E-state index contributed by atoms with van der Waals surface area (Å²) in [6.07, 6.45) is 3.09. The lowest BCUT2D eigenvalue weighted by Crippen LogP contribution is -2.46. The zero-order valence-corrected chi connectivity index (χ0v) is 13.3. The monoisotopic (exact) mass is 280 g/mol. The molecule has 0 radical (unpaired) electrons. The van der Waals surface area contributed by atoms with E-state index in [2.05, 4.69) is 34.9 Å². The Labute approximate surface area is 118 Å². The molecule has 1 aliphatic heterocycles. The van der Waals surface area contributed by atoms with Gasteiger partial charge in [0.15, 0.2) is 0 Å². The van der Waals surface area contributed by atoms with Gasteiger partial charge in [-0.3, -0.25) is 9.69 Å². The molecule has 0 saturated carbocycles. The second kappa shape index (κ2) is 6.19. The predicted octanol–water partition coefficient (Wildman–Crippen LogP) is 2.51. The molecule has 1 fully saturated rings. The maximum Gasteiger partial charge on any atom is 0.250 e. The molecule has 0 spiro atoms. The first-order chi connectivity index (χ1) is 8.95. The van der Waals surface area contributed by atoms with Gasteiger partial charge in [0.1, 0.15) is 0 Å². The second-order valence-electron chi connectivity index (χ2n) is 6.22. The Kier molecular flexibility index (Phi) is 4.81. The van der Waals surface area contributed by atoms with E-state index in [4.69, 9.17) is 0 Å². The Balaban J connectivity index is 2.08. The predicted molar refractivity (Wildman–Crippen MR) is 83.6 cm³/mol. The summed E-state index contributed by atoms with van der Waals surface area (Å²) in [4.78, 5) is 14.4. The van der Waals surface area contributed by atoms with Crippen LogP contribution in [0.3, 0.4) is 0 Å². The topological polar surface area (TPSA) is 25.2 Å². The molecule has 1 aliphatic rings. The standard InChI is InChI=1S/C15H25N2OP/c1-11(2)6-12(3)17-8-13(4-5-15(17)18)7-16-9-14(19)10-16/h4-5,8,11-12,14H,6-7,9-10,19H2,1-3H3. The smallest absolute Gasteiger partial charge is 0.250 e. The summed E-state index contributed by atoms with van der Waals surface area (Å²) in [5.41, 5.74) is 2.10. The average molecular weight is 280 g/mol. The summed E-state index contributed by atoms with van der Waals surface area (Å²) in [5, 5.41) is 0. The lowest BCUT2D eigenvalue weighted by atomic mass is 10.0. The van der Waals surface area contributed by atoms with E-state index in [1.165, 1.54) is 5.56 Å². The van der Waals surface area contributed by atoms with Crippen LogP contribution in [-0.4, -0.2) is 28.2 Å². The first-order valence-corrected chi connectivity index (χ1v) is 7.81. The Morgan fingerprint density at radius 2 is 2.00 bits per heavy atom. The summed E-state index contributed by atoms with van der Waals surface area (Å²) in [7, 11) is 2.86. The van der Waals surface area contributed by atoms with Crippen molar-refractivity contribution in [3.63, 3.8) is 0 Å². The molecule has 106 valence electrons. The molecule has 0 aliphatic carbocycles. The van der Waals surface area contributed by atoms with E-state index in [-0.39, 0.29) is 11.6 Å². The van der Waals surface area contributed by atoms with E-state index in [0.29, 0.717) is 5.92 Å². The zero-order valence-electron chi connectivity index (χ0n) is 12.2. The van der Waals surface area contributed by atoms with Gasteiger partial charge in [-0.05, 0) is 30.5 Å². The van der Waals surface area contributed by atoms with Crippen molar-refractivity contribution in [2.45, 2.75) is 45.4 Å². The van der Waals surface area contributed by atoms with Crippen molar-refractivity contribution < 1.29 is 0 Å². The Bertz CT molecular complexity index is 477. The second-order valence-corrected chi connectivity index (χ2v) is 7.16. The Morgan fingerprint density at radius 1 is 1.32 bits per heavy atom. The number of rotatable bonds is 5. The quantitative estimate of drug-likeness (QED) is 0.774. The van der Waals surface area contributed by atoms with Crippen molar-refractivity contribution in [3.05, 3.63) is 34.2 Å². The highest BCUT2D eigenvalue weighted by atomic mass is 31.0. The molecule has 1 saturated heterocycles. The Morgan fingerprint density at radius 3 is 2.58 bits per heavy atom. The van der Waals surface area contributed by atoms with Crippen LogP contribution in [-0.2, 0) is 6.54 Å². The maximum absolute atomic E-state index is 12.0. The molecular weight excluding hydrogens is 255 g/mol. The third-order valence-corrected chi connectivity index (χ3v) is 4.10. The maximum atomic E-state index is 12.0. The molecule has 2 atom stereocenters. The van der Waals surface area contributed by atoms with Crippen LogP contribution in [0.2, 0.25) is 0 Å². The van der Waals surface area contributed by atoms with E-state index in [0.717, 1.165) is 31.7 Å². The molecule has 0 amide bonds. The molecule has 0 bridgehead atoms. The summed E-state index contributed by atoms with van der Waals surface area (Å²) in [6.45, 7) is 9.78. The molecule has 19 heavy (non-hydrogen) atoms. The van der Waals surface area contributed by atoms with E-state index < -0.39 is 0 Å². The molecule has 0 aromatic carbocycles. The van der Waals surface area contributed by atoms with Crippen molar-refractivity contribution in [2.75, 3.05) is 13.1 Å². The Hall–Kier alpha value is -0.660. The number of pyridine rings is 1. The van der Waals surface area contributed by atoms with Crippen molar-refractivity contribution in [1.82, 2.24) is 9.47 Å². The van der Waals surface area contributed by atoms with Gasteiger partial charge < -0.3 is 4.57 Å². The lowest BCUT2D eigenvalue weighted by Gasteiger charge is -2.37. The van der Waals surface area contributed by atoms with Gasteiger partial charge in [-0.1, -0.05) is 19.9 Å². The van der Waals surface area contributed by atoms with E-state index in [1.54, 1.807) is 6.07 Å². The van der Waals surface area contributed by atoms with Gasteiger partial charge in [0.2, 0.25) is 0 Å². The summed E-state index contributed by atoms with van der Waals surface area (Å²) < 4.78 is 1.90. The fourth-order valence-electron chi connectivity index (χ4n) is 2.78. The van der Waals surface area contributed by atoms with Crippen LogP contribution >= 0.6 is 9.24 Å². The van der Waals surface area contributed by atoms with Crippen LogP contribution in [0, 0.1) is 5.92 Å². The number of nitrogens with zero attached hydrogens (tertiary/aromatic N) is 2. The highest BCUT2D eigenvalue weighted by Crippen LogP contribution is 2.20. The van der Waals surface area contributed by atoms with Gasteiger partial charge in [-0.25, -0.2) is 0 Å². The van der Waals surface area contributed by atoms with Crippen molar-refractivity contribution in [1.29, 1.82) is 0 Å². The SMILES string of the molecule is CC(C)CC(C)n1cc(CN2CC(P)C2)ccc1=O. The van der Waals surface area contributed by atoms with Crippen LogP contribution in [0.25, 0.3) is 0 Å². The fraction of sp³-hybridized carbons (Fsp3) is 0.667. The molecule has 2 rings (SSSR count). The normalized spacial score (nSPS) is 18.6. The minimum absolute atomic E-state index is 0.115. The minimum Gasteiger partial charge on any atom is -0.312 e. The highest BCUT2D eigenvalue weighted by Gasteiger charge is 2.22. The van der Waals surface area contributed by atoms with Gasteiger partial charge in [-0.2, -0.15) is 0 Å². The first kappa shape index (κ1) is 14.7. The molecule has 0 N–H and O–H groups in total. The molecular formula is C15H25N2OP. The van der Waals surface area contributed by atoms with E-state index >= 15 is 0 Å². The molecule has 2 heterocycles. The number of aromatic nitrogens is 1. The van der Waals surface area contributed by atoms with Crippen LogP contribution < -0.4 is 5.56 Å². The number of likely N-dealkylation sites (tertiary alicyclic amines) is 1. The summed E-state index contributed by atoms with van der Waals surface area (Å²) >= 11 is 0. The van der Waals surface area contributed by atoms with Crippen molar-refractivity contribution in [3.8, 4) is 0 Å². The molecule has 1 aromatic rings. The number of hydrogen-bond acceptors (Lipinski definition) is 2. The van der Waals surface area contributed by atoms with Gasteiger partial charge >= 0.3 is 0 Å². The van der Waals surface area contributed by atoms with Crippen LogP contribution in [0.1, 0.15) is 38.8 Å². The summed E-state index contributed by atoms with van der Waals surface area (Å²) in [5.74, 6) is 0.610. The van der Waals surface area contributed by atoms with Gasteiger partial charge in [0, 0.05) is 37.9 Å². The van der Waals surface area contributed by atoms with E-state index in [1.807, 2.05) is 16.8 Å². The van der Waals surface area contributed by atoms with Crippen LogP contribution in [0.5, 0.6) is 0 Å². The third-order valence-electron chi connectivity index (χ3n) is 3.68. The van der Waals surface area contributed by atoms with Crippen molar-refractivity contribution in [2.24, 2.45) is 5.92 Å². The van der Waals surface area contributed by atoms with Crippen LogP contribution in [0.4, 0.5) is 0 Å². The summed E-state index contributed by atoms with van der Waals surface area (Å²) in [6, 6.07) is 3.96. The van der Waals surface area contributed by atoms with Gasteiger partial charge in [0.25, 0.3) is 5.56 Å². The number of hydrogen-bond donors (Lipinski definition) is 0. The van der Waals surface area contributed by atoms with Crippen LogP contribution in [0.15, 0.2) is 23.1 Å². The fourth-order valence-corrected chi connectivity index (χ4v) is 3.38. The van der Waals surface area contributed by atoms with E-state index in [9.17, 15) is 4.79 Å². The van der Waals surface area contributed by atoms with Gasteiger partial charge in [0.05, 0.1) is 0 Å². The molecule has 3 nitrogen and oxygen atoms in total. The molecule has 1 aromatic heterocycles. The van der Waals surface area contributed by atoms with Crippen molar-refractivity contribution >= 4 is 9.24 Å². The minimum atomic E-state index is 0.115. The largest absolute Gasteiger partial charge is 0.312 e. The molecule has 2 unspecified atom stereocenters. The highest BCUT2D eigenvalue weighted by molar-refractivity contribution is 7.17. The zero-order chi connectivity index (χ0) is 14.0. The van der Waals surface area contributed by atoms with Gasteiger partial charge in [-0.15, -0.1) is 9.24 Å².